The van der Waals surface area contributed by atoms with Crippen molar-refractivity contribution in [3.63, 3.8) is 0 Å². The Labute approximate surface area is 140 Å². The number of benzene rings is 1. The molecule has 1 N–H and O–H groups in total. The molecule has 6 nitrogen and oxygen atoms in total. The van der Waals surface area contributed by atoms with Crippen LogP contribution in [0.2, 0.25) is 0 Å². The van der Waals surface area contributed by atoms with Crippen LogP contribution >= 0.6 is 0 Å². The smallest absolute Gasteiger partial charge is 0.281 e. The van der Waals surface area contributed by atoms with Crippen LogP contribution in [0.4, 0.5) is 11.4 Å². The van der Waals surface area contributed by atoms with Crippen LogP contribution in [-0.4, -0.2) is 9.67 Å². The van der Waals surface area contributed by atoms with E-state index < -0.39 is 5.56 Å². The normalized spacial score (nSPS) is 11.2. The monoisotopic (exact) mass is 324 g/mol. The predicted molar refractivity (Wildman–Crippen MR) is 92.3 cm³/mol. The Morgan fingerprint density at radius 2 is 1.88 bits per heavy atom. The summed E-state index contributed by atoms with van der Waals surface area (Å²) in [4.78, 5) is 12.6. The molecule has 0 fully saturated rings. The van der Waals surface area contributed by atoms with E-state index in [1.165, 1.54) is 0 Å². The van der Waals surface area contributed by atoms with Crippen LogP contribution in [-0.2, 0) is 0 Å². The molecule has 0 radical (unpaired) electrons. The van der Waals surface area contributed by atoms with E-state index >= 15 is 0 Å². The van der Waals surface area contributed by atoms with Gasteiger partial charge in [-0.1, -0.05) is 12.1 Å². The van der Waals surface area contributed by atoms with Crippen LogP contribution in [0.3, 0.4) is 0 Å². The zero-order valence-corrected chi connectivity index (χ0v) is 14.5. The van der Waals surface area contributed by atoms with Crippen LogP contribution < -0.4 is 5.56 Å². The fourth-order valence-corrected chi connectivity index (χ4v) is 2.44. The van der Waals surface area contributed by atoms with Gasteiger partial charge >= 0.3 is 0 Å². The molecule has 0 saturated carbocycles. The standard InChI is InChI=1S/C18H20N4O2/c1-10(2)22-17(23)14(9-19)13(5)16(18(22)24)21-20-15-8-11(3)6-7-12(15)4/h6-8,10,23H,1-5H3. The summed E-state index contributed by atoms with van der Waals surface area (Å²) in [5.41, 5.74) is 2.60. The van der Waals surface area contributed by atoms with Gasteiger partial charge in [-0.25, -0.2) is 0 Å². The maximum atomic E-state index is 12.6. The summed E-state index contributed by atoms with van der Waals surface area (Å²) in [6.07, 6.45) is 0. The van der Waals surface area contributed by atoms with E-state index in [1.54, 1.807) is 20.8 Å². The van der Waals surface area contributed by atoms with Crippen molar-refractivity contribution in [1.82, 2.24) is 4.57 Å². The zero-order chi connectivity index (χ0) is 18.0. The van der Waals surface area contributed by atoms with Crippen LogP contribution in [0.5, 0.6) is 5.88 Å². The number of hydrogen-bond acceptors (Lipinski definition) is 5. The highest BCUT2D eigenvalue weighted by Gasteiger charge is 2.20. The largest absolute Gasteiger partial charge is 0.493 e. The molecule has 0 amide bonds. The Kier molecular flexibility index (Phi) is 4.84. The maximum Gasteiger partial charge on any atom is 0.281 e. The van der Waals surface area contributed by atoms with Crippen LogP contribution in [0.1, 0.15) is 42.1 Å². The van der Waals surface area contributed by atoms with E-state index in [4.69, 9.17) is 0 Å². The lowest BCUT2D eigenvalue weighted by Crippen LogP contribution is -2.23. The van der Waals surface area contributed by atoms with E-state index in [0.29, 0.717) is 11.3 Å². The molecule has 0 spiro atoms. The second kappa shape index (κ2) is 6.67. The number of nitrogens with zero attached hydrogens (tertiary/aromatic N) is 4. The molecule has 2 rings (SSSR count). The molecule has 0 saturated heterocycles. The number of aryl methyl sites for hydroxylation is 2. The Bertz CT molecular complexity index is 918. The highest BCUT2D eigenvalue weighted by molar-refractivity contribution is 5.57. The summed E-state index contributed by atoms with van der Waals surface area (Å²) in [7, 11) is 0. The molecule has 24 heavy (non-hydrogen) atoms. The van der Waals surface area contributed by atoms with Gasteiger partial charge in [0.15, 0.2) is 5.69 Å². The maximum absolute atomic E-state index is 12.6. The lowest BCUT2D eigenvalue weighted by molar-refractivity contribution is 0.386. The SMILES string of the molecule is Cc1ccc(C)c(N=Nc2c(C)c(C#N)c(O)n(C(C)C)c2=O)c1. The van der Waals surface area contributed by atoms with Crippen molar-refractivity contribution in [2.75, 3.05) is 0 Å². The molecule has 1 aromatic heterocycles. The van der Waals surface area contributed by atoms with Crippen molar-refractivity contribution in [2.45, 2.75) is 40.7 Å². The van der Waals surface area contributed by atoms with E-state index in [1.807, 2.05) is 38.1 Å². The van der Waals surface area contributed by atoms with E-state index in [-0.39, 0.29) is 23.2 Å². The van der Waals surface area contributed by atoms with Gasteiger partial charge < -0.3 is 5.11 Å². The fourth-order valence-electron chi connectivity index (χ4n) is 2.44. The van der Waals surface area contributed by atoms with Crippen LogP contribution in [0.15, 0.2) is 33.2 Å². The molecule has 0 aliphatic carbocycles. The van der Waals surface area contributed by atoms with Gasteiger partial charge in [0.2, 0.25) is 5.88 Å². The summed E-state index contributed by atoms with van der Waals surface area (Å²) >= 11 is 0. The minimum atomic E-state index is -0.465. The molecule has 1 aromatic carbocycles. The van der Waals surface area contributed by atoms with Gasteiger partial charge in [-0.2, -0.15) is 10.4 Å². The molecule has 1 heterocycles. The second-order valence-corrected chi connectivity index (χ2v) is 6.04. The molecule has 0 atom stereocenters. The molecule has 6 heteroatoms. The second-order valence-electron chi connectivity index (χ2n) is 6.04. The number of rotatable bonds is 3. The molecule has 0 bridgehead atoms. The summed E-state index contributed by atoms with van der Waals surface area (Å²) in [6, 6.07) is 7.41. The molecule has 124 valence electrons. The van der Waals surface area contributed by atoms with Gasteiger partial charge in [0.05, 0.1) is 5.69 Å². The Hall–Kier alpha value is -2.94. The highest BCUT2D eigenvalue weighted by atomic mass is 16.3. The first-order valence-corrected chi connectivity index (χ1v) is 7.65. The highest BCUT2D eigenvalue weighted by Crippen LogP contribution is 2.29. The number of hydrogen-bond donors (Lipinski definition) is 1. The number of azo groups is 1. The summed E-state index contributed by atoms with van der Waals surface area (Å²) in [5, 5.41) is 27.8. The fraction of sp³-hybridized carbons (Fsp3) is 0.333. The van der Waals surface area contributed by atoms with Crippen molar-refractivity contribution < 1.29 is 5.11 Å². The number of aromatic hydroxyl groups is 1. The topological polar surface area (TPSA) is 90.7 Å². The quantitative estimate of drug-likeness (QED) is 0.851. The van der Waals surface area contributed by atoms with Crippen molar-refractivity contribution in [3.05, 3.63) is 50.8 Å². The minimum Gasteiger partial charge on any atom is -0.493 e. The Balaban J connectivity index is 2.69. The lowest BCUT2D eigenvalue weighted by Gasteiger charge is -2.15. The van der Waals surface area contributed by atoms with Gasteiger partial charge in [0.1, 0.15) is 11.6 Å². The number of aromatic nitrogens is 1. The summed E-state index contributed by atoms with van der Waals surface area (Å²) in [6.45, 7) is 8.95. The first-order chi connectivity index (χ1) is 11.3. The zero-order valence-electron chi connectivity index (χ0n) is 14.5. The van der Waals surface area contributed by atoms with Gasteiger partial charge in [0.25, 0.3) is 5.56 Å². The van der Waals surface area contributed by atoms with Crippen LogP contribution in [0, 0.1) is 32.1 Å². The number of pyridine rings is 1. The Morgan fingerprint density at radius 1 is 1.21 bits per heavy atom. The first kappa shape index (κ1) is 17.4. The third-order valence-electron chi connectivity index (χ3n) is 3.85. The Morgan fingerprint density at radius 3 is 2.46 bits per heavy atom. The predicted octanol–water partition coefficient (Wildman–Crippen LogP) is 4.35. The molecular formula is C18H20N4O2. The molecule has 0 aliphatic heterocycles. The van der Waals surface area contributed by atoms with Gasteiger partial charge in [-0.15, -0.1) is 5.11 Å². The van der Waals surface area contributed by atoms with E-state index in [2.05, 4.69) is 10.2 Å². The van der Waals surface area contributed by atoms with Crippen molar-refractivity contribution in [1.29, 1.82) is 5.26 Å². The van der Waals surface area contributed by atoms with E-state index in [0.717, 1.165) is 15.7 Å². The van der Waals surface area contributed by atoms with E-state index in [9.17, 15) is 15.2 Å². The van der Waals surface area contributed by atoms with Crippen molar-refractivity contribution in [3.8, 4) is 11.9 Å². The number of nitriles is 1. The van der Waals surface area contributed by atoms with Gasteiger partial charge in [-0.05, 0) is 51.8 Å². The third kappa shape index (κ3) is 3.06. The third-order valence-corrected chi connectivity index (χ3v) is 3.85. The molecule has 2 aromatic rings. The molecule has 0 aliphatic rings. The average molecular weight is 324 g/mol. The molecular weight excluding hydrogens is 304 g/mol. The average Bonchev–Trinajstić information content (AvgIpc) is 2.50. The summed E-state index contributed by atoms with van der Waals surface area (Å²) in [5.74, 6) is -0.333. The lowest BCUT2D eigenvalue weighted by atomic mass is 10.1. The molecule has 0 unspecified atom stereocenters. The summed E-state index contributed by atoms with van der Waals surface area (Å²) < 4.78 is 1.16. The van der Waals surface area contributed by atoms with Gasteiger partial charge in [0, 0.05) is 11.6 Å². The first-order valence-electron chi connectivity index (χ1n) is 7.65. The van der Waals surface area contributed by atoms with Crippen molar-refractivity contribution in [2.24, 2.45) is 10.2 Å². The van der Waals surface area contributed by atoms with Gasteiger partial charge in [-0.3, -0.25) is 9.36 Å². The van der Waals surface area contributed by atoms with Crippen LogP contribution in [0.25, 0.3) is 0 Å². The van der Waals surface area contributed by atoms with Crippen molar-refractivity contribution >= 4 is 11.4 Å². The minimum absolute atomic E-state index is 0.0400.